The zero-order chi connectivity index (χ0) is 17.0. The molecule has 2 aromatic carbocycles. The molecule has 0 aromatic heterocycles. The van der Waals surface area contributed by atoms with E-state index in [2.05, 4.69) is 5.32 Å². The fraction of sp³-hybridized carbons (Fsp3) is 0.188. The van der Waals surface area contributed by atoms with Crippen LogP contribution >= 0.6 is 0 Å². The minimum Gasteiger partial charge on any atom is -0.348 e. The van der Waals surface area contributed by atoms with Crippen LogP contribution in [-0.2, 0) is 16.4 Å². The Labute approximate surface area is 133 Å². The Morgan fingerprint density at radius 3 is 2.35 bits per heavy atom. The highest BCUT2D eigenvalue weighted by molar-refractivity contribution is 7.91. The van der Waals surface area contributed by atoms with Gasteiger partial charge in [-0.05, 0) is 36.8 Å². The van der Waals surface area contributed by atoms with E-state index >= 15 is 0 Å². The van der Waals surface area contributed by atoms with Crippen LogP contribution in [0.4, 0.5) is 8.78 Å². The van der Waals surface area contributed by atoms with E-state index < -0.39 is 26.4 Å². The number of hydrogen-bond acceptors (Lipinski definition) is 3. The van der Waals surface area contributed by atoms with Crippen molar-refractivity contribution in [3.8, 4) is 0 Å². The average molecular weight is 339 g/mol. The maximum atomic E-state index is 12.4. The summed E-state index contributed by atoms with van der Waals surface area (Å²) in [4.78, 5) is 11.5. The monoisotopic (exact) mass is 339 g/mol. The molecule has 2 rings (SSSR count). The first-order valence-electron chi connectivity index (χ1n) is 6.76. The summed E-state index contributed by atoms with van der Waals surface area (Å²) in [5.41, 5.74) is 2.19. The highest BCUT2D eigenvalue weighted by Gasteiger charge is 2.26. The number of carbonyl (C=O) groups is 1. The number of alkyl halides is 2. The Hall–Kier alpha value is -2.28. The molecule has 0 aliphatic rings. The minimum absolute atomic E-state index is 0.200. The van der Waals surface area contributed by atoms with Gasteiger partial charge in [0.1, 0.15) is 0 Å². The lowest BCUT2D eigenvalue weighted by atomic mass is 10.1. The van der Waals surface area contributed by atoms with Crippen LogP contribution in [0.25, 0.3) is 0 Å². The normalized spacial score (nSPS) is 11.5. The van der Waals surface area contributed by atoms with E-state index in [-0.39, 0.29) is 5.56 Å². The Morgan fingerprint density at radius 2 is 1.78 bits per heavy atom. The van der Waals surface area contributed by atoms with Crippen LogP contribution in [0.2, 0.25) is 0 Å². The first-order chi connectivity index (χ1) is 10.8. The number of rotatable bonds is 5. The van der Waals surface area contributed by atoms with Gasteiger partial charge in [0.05, 0.1) is 4.90 Å². The number of nitrogens with one attached hydrogen (secondary N) is 1. The molecule has 1 amide bonds. The van der Waals surface area contributed by atoms with E-state index in [4.69, 9.17) is 0 Å². The zero-order valence-corrected chi connectivity index (χ0v) is 13.1. The van der Waals surface area contributed by atoms with Crippen LogP contribution in [-0.4, -0.2) is 20.1 Å². The third-order valence-corrected chi connectivity index (χ3v) is 4.61. The number of benzene rings is 2. The molecule has 0 aliphatic heterocycles. The summed E-state index contributed by atoms with van der Waals surface area (Å²) in [6, 6.07) is 12.0. The van der Waals surface area contributed by atoms with E-state index in [1.807, 2.05) is 31.2 Å². The Morgan fingerprint density at radius 1 is 1.13 bits per heavy atom. The standard InChI is InChI=1S/C16H15F2NO3S/c1-11-3-2-4-12(9-11)10-19-15(20)13-5-7-14(8-6-13)23(21,22)16(17)18/h2-9,16H,10H2,1H3,(H,19,20). The molecule has 0 bridgehead atoms. The van der Waals surface area contributed by atoms with Gasteiger partial charge in [-0.25, -0.2) is 8.42 Å². The van der Waals surface area contributed by atoms with E-state index in [0.717, 1.165) is 23.3 Å². The summed E-state index contributed by atoms with van der Waals surface area (Å²) in [6.45, 7) is 2.26. The molecule has 4 nitrogen and oxygen atoms in total. The number of sulfone groups is 1. The van der Waals surface area contributed by atoms with Gasteiger partial charge in [0.25, 0.3) is 5.91 Å². The minimum atomic E-state index is -4.64. The lowest BCUT2D eigenvalue weighted by Crippen LogP contribution is -2.23. The molecule has 1 N–H and O–H groups in total. The molecule has 7 heteroatoms. The van der Waals surface area contributed by atoms with Gasteiger partial charge in [-0.3, -0.25) is 4.79 Å². The van der Waals surface area contributed by atoms with E-state index in [0.29, 0.717) is 6.54 Å². The third kappa shape index (κ3) is 4.13. The topological polar surface area (TPSA) is 63.2 Å². The van der Waals surface area contributed by atoms with Gasteiger partial charge < -0.3 is 5.32 Å². The summed E-state index contributed by atoms with van der Waals surface area (Å²) in [5.74, 6) is -3.89. The van der Waals surface area contributed by atoms with Crippen molar-refractivity contribution in [2.75, 3.05) is 0 Å². The molecule has 0 heterocycles. The van der Waals surface area contributed by atoms with Gasteiger partial charge in [-0.2, -0.15) is 8.78 Å². The molecule has 0 radical (unpaired) electrons. The van der Waals surface area contributed by atoms with Gasteiger partial charge in [-0.1, -0.05) is 29.8 Å². The molecule has 0 aliphatic carbocycles. The molecule has 0 saturated heterocycles. The molecule has 0 fully saturated rings. The van der Waals surface area contributed by atoms with E-state index in [9.17, 15) is 22.0 Å². The lowest BCUT2D eigenvalue weighted by molar-refractivity contribution is 0.0951. The van der Waals surface area contributed by atoms with Crippen LogP contribution in [0.5, 0.6) is 0 Å². The summed E-state index contributed by atoms with van der Waals surface area (Å²) < 4.78 is 47.5. The predicted molar refractivity (Wildman–Crippen MR) is 82.0 cm³/mol. The predicted octanol–water partition coefficient (Wildman–Crippen LogP) is 2.92. The van der Waals surface area contributed by atoms with Crippen molar-refractivity contribution in [1.29, 1.82) is 0 Å². The van der Waals surface area contributed by atoms with Crippen LogP contribution < -0.4 is 5.32 Å². The molecule has 0 saturated carbocycles. The Kier molecular flexibility index (Phi) is 5.10. The molecular weight excluding hydrogens is 324 g/mol. The molecular formula is C16H15F2NO3S. The number of hydrogen-bond donors (Lipinski definition) is 1. The van der Waals surface area contributed by atoms with Gasteiger partial charge in [0.15, 0.2) is 0 Å². The van der Waals surface area contributed by atoms with Crippen molar-refractivity contribution in [2.24, 2.45) is 0 Å². The van der Waals surface area contributed by atoms with Crippen molar-refractivity contribution in [2.45, 2.75) is 24.1 Å². The van der Waals surface area contributed by atoms with Gasteiger partial charge in [0.2, 0.25) is 9.84 Å². The van der Waals surface area contributed by atoms with Crippen molar-refractivity contribution < 1.29 is 22.0 Å². The summed E-state index contributed by atoms with van der Waals surface area (Å²) in [6.07, 6.45) is 0. The van der Waals surface area contributed by atoms with Crippen LogP contribution in [0.3, 0.4) is 0 Å². The van der Waals surface area contributed by atoms with Crippen molar-refractivity contribution in [3.63, 3.8) is 0 Å². The quantitative estimate of drug-likeness (QED) is 0.911. The number of amides is 1. The zero-order valence-electron chi connectivity index (χ0n) is 12.3. The van der Waals surface area contributed by atoms with Crippen molar-refractivity contribution >= 4 is 15.7 Å². The highest BCUT2D eigenvalue weighted by atomic mass is 32.2. The van der Waals surface area contributed by atoms with E-state index in [1.54, 1.807) is 0 Å². The van der Waals surface area contributed by atoms with Crippen molar-refractivity contribution in [1.82, 2.24) is 5.32 Å². The molecule has 0 unspecified atom stereocenters. The van der Waals surface area contributed by atoms with Gasteiger partial charge in [0, 0.05) is 12.1 Å². The Balaban J connectivity index is 2.06. The van der Waals surface area contributed by atoms with E-state index in [1.165, 1.54) is 12.1 Å². The third-order valence-electron chi connectivity index (χ3n) is 3.22. The summed E-state index contributed by atoms with van der Waals surface area (Å²) in [7, 11) is -4.64. The lowest BCUT2D eigenvalue weighted by Gasteiger charge is -2.07. The average Bonchev–Trinajstić information content (AvgIpc) is 2.52. The second-order valence-electron chi connectivity index (χ2n) is 5.00. The SMILES string of the molecule is Cc1cccc(CNC(=O)c2ccc(S(=O)(=O)C(F)F)cc2)c1. The fourth-order valence-corrected chi connectivity index (χ4v) is 2.73. The maximum Gasteiger partial charge on any atom is 0.341 e. The molecule has 0 atom stereocenters. The first-order valence-corrected chi connectivity index (χ1v) is 8.31. The Bertz CT molecular complexity index is 802. The molecule has 0 spiro atoms. The van der Waals surface area contributed by atoms with Gasteiger partial charge >= 0.3 is 5.76 Å². The van der Waals surface area contributed by atoms with Crippen LogP contribution in [0, 0.1) is 6.92 Å². The van der Waals surface area contributed by atoms with Gasteiger partial charge in [-0.15, -0.1) is 0 Å². The molecule has 23 heavy (non-hydrogen) atoms. The summed E-state index contributed by atoms with van der Waals surface area (Å²) >= 11 is 0. The first kappa shape index (κ1) is 17.1. The molecule has 2 aromatic rings. The number of aryl methyl sites for hydroxylation is 1. The highest BCUT2D eigenvalue weighted by Crippen LogP contribution is 2.18. The second kappa shape index (κ2) is 6.87. The summed E-state index contributed by atoms with van der Waals surface area (Å²) in [5, 5.41) is 2.69. The largest absolute Gasteiger partial charge is 0.348 e. The van der Waals surface area contributed by atoms with Crippen LogP contribution in [0.1, 0.15) is 21.5 Å². The maximum absolute atomic E-state index is 12.4. The second-order valence-corrected chi connectivity index (χ2v) is 6.92. The smallest absolute Gasteiger partial charge is 0.341 e. The number of carbonyl (C=O) groups excluding carboxylic acids is 1. The van der Waals surface area contributed by atoms with Crippen LogP contribution in [0.15, 0.2) is 53.4 Å². The fourth-order valence-electron chi connectivity index (χ4n) is 2.01. The number of halogens is 2. The molecule has 122 valence electrons. The van der Waals surface area contributed by atoms with Crippen molar-refractivity contribution in [3.05, 3.63) is 65.2 Å².